The largest absolute Gasteiger partial charge is 0.375 e. The van der Waals surface area contributed by atoms with Gasteiger partial charge >= 0.3 is 0 Å². The third kappa shape index (κ3) is 1.68. The molecule has 9 heavy (non-hydrogen) atoms. The van der Waals surface area contributed by atoms with Gasteiger partial charge in [0.15, 0.2) is 0 Å². The number of ether oxygens (including phenoxy) is 1. The second-order valence-electron chi connectivity index (χ2n) is 3.21. The van der Waals surface area contributed by atoms with Gasteiger partial charge in [-0.2, -0.15) is 0 Å². The summed E-state index contributed by atoms with van der Waals surface area (Å²) in [7, 11) is 0. The number of rotatable bonds is 0. The highest BCUT2D eigenvalue weighted by Gasteiger charge is 2.21. The summed E-state index contributed by atoms with van der Waals surface area (Å²) in [5.41, 5.74) is 0. The summed E-state index contributed by atoms with van der Waals surface area (Å²) in [6.07, 6.45) is 3.55. The van der Waals surface area contributed by atoms with E-state index in [-0.39, 0.29) is 0 Å². The molecule has 3 atom stereocenters. The van der Waals surface area contributed by atoms with Crippen LogP contribution < -0.4 is 0 Å². The highest BCUT2D eigenvalue weighted by molar-refractivity contribution is 4.70. The topological polar surface area (TPSA) is 9.23 Å². The average molecular weight is 128 g/mol. The summed E-state index contributed by atoms with van der Waals surface area (Å²) in [6.45, 7) is 6.58. The van der Waals surface area contributed by atoms with Crippen LogP contribution in [0.2, 0.25) is 0 Å². The number of hydrogen-bond acceptors (Lipinski definition) is 1. The molecule has 0 amide bonds. The smallest absolute Gasteiger partial charge is 0.0576 e. The van der Waals surface area contributed by atoms with Crippen LogP contribution in [0.4, 0.5) is 0 Å². The lowest BCUT2D eigenvalue weighted by molar-refractivity contribution is -0.0594. The van der Waals surface area contributed by atoms with E-state index >= 15 is 0 Å². The molecular formula is C8H16O. The van der Waals surface area contributed by atoms with Crippen LogP contribution in [0.5, 0.6) is 0 Å². The summed E-state index contributed by atoms with van der Waals surface area (Å²) in [4.78, 5) is 0. The van der Waals surface area contributed by atoms with E-state index in [0.717, 1.165) is 5.92 Å². The third-order valence-electron chi connectivity index (χ3n) is 2.28. The lowest BCUT2D eigenvalue weighted by Gasteiger charge is -2.30. The SMILES string of the molecule is CC1O[C@@H](C)CC[C@@H]1C. The van der Waals surface area contributed by atoms with E-state index < -0.39 is 0 Å². The first-order valence-corrected chi connectivity index (χ1v) is 3.85. The van der Waals surface area contributed by atoms with Gasteiger partial charge in [0.2, 0.25) is 0 Å². The highest BCUT2D eigenvalue weighted by Crippen LogP contribution is 2.23. The van der Waals surface area contributed by atoms with Crippen LogP contribution in [0.25, 0.3) is 0 Å². The fourth-order valence-electron chi connectivity index (χ4n) is 1.30. The van der Waals surface area contributed by atoms with Crippen LogP contribution in [0.3, 0.4) is 0 Å². The quantitative estimate of drug-likeness (QED) is 0.486. The van der Waals surface area contributed by atoms with Gasteiger partial charge in [-0.3, -0.25) is 0 Å². The minimum Gasteiger partial charge on any atom is -0.375 e. The van der Waals surface area contributed by atoms with Crippen LogP contribution >= 0.6 is 0 Å². The molecule has 1 nitrogen and oxygen atoms in total. The molecule has 0 spiro atoms. The van der Waals surface area contributed by atoms with Gasteiger partial charge in [0, 0.05) is 0 Å². The predicted octanol–water partition coefficient (Wildman–Crippen LogP) is 2.21. The van der Waals surface area contributed by atoms with Crippen molar-refractivity contribution in [3.63, 3.8) is 0 Å². The molecule has 0 aromatic heterocycles. The molecule has 1 rings (SSSR count). The zero-order valence-electron chi connectivity index (χ0n) is 6.55. The first kappa shape index (κ1) is 7.07. The first-order valence-electron chi connectivity index (χ1n) is 3.85. The Morgan fingerprint density at radius 1 is 1.11 bits per heavy atom. The Morgan fingerprint density at radius 3 is 2.22 bits per heavy atom. The van der Waals surface area contributed by atoms with Crippen molar-refractivity contribution in [2.45, 2.75) is 45.8 Å². The zero-order chi connectivity index (χ0) is 6.85. The molecule has 54 valence electrons. The molecule has 1 unspecified atom stereocenters. The van der Waals surface area contributed by atoms with Crippen molar-refractivity contribution in [3.05, 3.63) is 0 Å². The standard InChI is InChI=1S/C8H16O/c1-6-4-5-7(2)9-8(6)3/h6-8H,4-5H2,1-3H3/t6-,7-,8?/m0/s1. The van der Waals surface area contributed by atoms with E-state index in [0.29, 0.717) is 12.2 Å². The number of hydrogen-bond donors (Lipinski definition) is 0. The van der Waals surface area contributed by atoms with Crippen molar-refractivity contribution < 1.29 is 4.74 Å². The van der Waals surface area contributed by atoms with Crippen LogP contribution in [-0.4, -0.2) is 12.2 Å². The summed E-state index contributed by atoms with van der Waals surface area (Å²) >= 11 is 0. The van der Waals surface area contributed by atoms with Crippen molar-refractivity contribution in [2.24, 2.45) is 5.92 Å². The van der Waals surface area contributed by atoms with Crippen LogP contribution in [0.1, 0.15) is 33.6 Å². The Kier molecular flexibility index (Phi) is 2.12. The highest BCUT2D eigenvalue weighted by atomic mass is 16.5. The lowest BCUT2D eigenvalue weighted by Crippen LogP contribution is -2.29. The Morgan fingerprint density at radius 2 is 1.78 bits per heavy atom. The summed E-state index contributed by atoms with van der Waals surface area (Å²) in [6, 6.07) is 0. The summed E-state index contributed by atoms with van der Waals surface area (Å²) < 4.78 is 5.60. The molecule has 0 N–H and O–H groups in total. The second kappa shape index (κ2) is 2.70. The van der Waals surface area contributed by atoms with Gasteiger partial charge in [-0.25, -0.2) is 0 Å². The van der Waals surface area contributed by atoms with Crippen LogP contribution in [-0.2, 0) is 4.74 Å². The van der Waals surface area contributed by atoms with E-state index in [1.807, 2.05) is 0 Å². The van der Waals surface area contributed by atoms with Crippen molar-refractivity contribution in [1.82, 2.24) is 0 Å². The van der Waals surface area contributed by atoms with Gasteiger partial charge in [0.25, 0.3) is 0 Å². The molecule has 0 bridgehead atoms. The van der Waals surface area contributed by atoms with Gasteiger partial charge in [0.1, 0.15) is 0 Å². The van der Waals surface area contributed by atoms with Crippen molar-refractivity contribution in [3.8, 4) is 0 Å². The second-order valence-corrected chi connectivity index (χ2v) is 3.21. The normalized spacial score (nSPS) is 45.0. The molecule has 1 heteroatoms. The minimum absolute atomic E-state index is 0.480. The van der Waals surface area contributed by atoms with Gasteiger partial charge in [-0.05, 0) is 32.6 Å². The Hall–Kier alpha value is -0.0400. The Bertz CT molecular complexity index is 90.6. The Balaban J connectivity index is 2.35. The van der Waals surface area contributed by atoms with Crippen LogP contribution in [0.15, 0.2) is 0 Å². The molecule has 1 saturated heterocycles. The lowest BCUT2D eigenvalue weighted by atomic mass is 9.95. The molecular weight excluding hydrogens is 112 g/mol. The van der Waals surface area contributed by atoms with Crippen LogP contribution in [0, 0.1) is 5.92 Å². The predicted molar refractivity (Wildman–Crippen MR) is 38.4 cm³/mol. The monoisotopic (exact) mass is 128 g/mol. The van der Waals surface area contributed by atoms with Gasteiger partial charge < -0.3 is 4.74 Å². The zero-order valence-corrected chi connectivity index (χ0v) is 6.55. The molecule has 0 aromatic carbocycles. The van der Waals surface area contributed by atoms with E-state index in [1.165, 1.54) is 12.8 Å². The van der Waals surface area contributed by atoms with Crippen molar-refractivity contribution in [1.29, 1.82) is 0 Å². The van der Waals surface area contributed by atoms with Gasteiger partial charge in [0.05, 0.1) is 12.2 Å². The molecule has 1 heterocycles. The molecule has 1 aliphatic rings. The van der Waals surface area contributed by atoms with Gasteiger partial charge in [-0.15, -0.1) is 0 Å². The van der Waals surface area contributed by atoms with E-state index in [1.54, 1.807) is 0 Å². The fraction of sp³-hybridized carbons (Fsp3) is 1.00. The molecule has 0 saturated carbocycles. The summed E-state index contributed by atoms with van der Waals surface area (Å²) in [5.74, 6) is 0.765. The maximum absolute atomic E-state index is 5.60. The van der Waals surface area contributed by atoms with Crippen molar-refractivity contribution >= 4 is 0 Å². The minimum atomic E-state index is 0.480. The van der Waals surface area contributed by atoms with E-state index in [4.69, 9.17) is 4.74 Å². The van der Waals surface area contributed by atoms with Gasteiger partial charge in [-0.1, -0.05) is 6.92 Å². The molecule has 0 radical (unpaired) electrons. The molecule has 1 fully saturated rings. The Labute approximate surface area is 57.4 Å². The maximum Gasteiger partial charge on any atom is 0.0576 e. The maximum atomic E-state index is 5.60. The summed E-state index contributed by atoms with van der Waals surface area (Å²) in [5, 5.41) is 0. The third-order valence-corrected chi connectivity index (χ3v) is 2.28. The average Bonchev–Trinajstić information content (AvgIpc) is 1.80. The molecule has 1 aliphatic heterocycles. The molecule has 0 aromatic rings. The first-order chi connectivity index (χ1) is 4.20. The fourth-order valence-corrected chi connectivity index (χ4v) is 1.30. The van der Waals surface area contributed by atoms with E-state index in [9.17, 15) is 0 Å². The molecule has 0 aliphatic carbocycles. The van der Waals surface area contributed by atoms with Crippen molar-refractivity contribution in [2.75, 3.05) is 0 Å². The van der Waals surface area contributed by atoms with E-state index in [2.05, 4.69) is 20.8 Å².